The highest BCUT2D eigenvalue weighted by Gasteiger charge is 2.21. The number of aliphatic imine (C=N–C) groups is 1. The van der Waals surface area contributed by atoms with Crippen molar-refractivity contribution in [3.05, 3.63) is 0 Å². The first-order chi connectivity index (χ1) is 11.0. The molecule has 1 atom stereocenters. The average Bonchev–Trinajstić information content (AvgIpc) is 2.50. The van der Waals surface area contributed by atoms with Gasteiger partial charge >= 0.3 is 0 Å². The highest BCUT2D eigenvalue weighted by Crippen LogP contribution is 2.06. The average molecular weight is 328 g/mol. The van der Waals surface area contributed by atoms with Gasteiger partial charge in [0.15, 0.2) is 5.96 Å². The maximum Gasteiger partial charge on any atom is 0.191 e. The first-order valence-electron chi connectivity index (χ1n) is 9.01. The molecule has 0 aliphatic carbocycles. The molecule has 0 saturated carbocycles. The van der Waals surface area contributed by atoms with Crippen molar-refractivity contribution in [3.63, 3.8) is 0 Å². The van der Waals surface area contributed by atoms with Gasteiger partial charge in [0.1, 0.15) is 0 Å². The van der Waals surface area contributed by atoms with Gasteiger partial charge in [-0.05, 0) is 33.4 Å². The van der Waals surface area contributed by atoms with Crippen LogP contribution in [0, 0.1) is 5.92 Å². The van der Waals surface area contributed by atoms with E-state index in [0.717, 1.165) is 64.9 Å². The van der Waals surface area contributed by atoms with Crippen LogP contribution < -0.4 is 10.6 Å². The molecule has 0 aromatic heterocycles. The lowest BCUT2D eigenvalue weighted by Gasteiger charge is -2.36. The topological polar surface area (TPSA) is 52.1 Å². The molecule has 136 valence electrons. The second-order valence-electron chi connectivity index (χ2n) is 6.87. The van der Waals surface area contributed by atoms with Crippen LogP contribution in [-0.4, -0.2) is 88.4 Å². The van der Waals surface area contributed by atoms with E-state index in [1.54, 1.807) is 0 Å². The minimum absolute atomic E-state index is 0.499. The van der Waals surface area contributed by atoms with Crippen molar-refractivity contribution in [2.24, 2.45) is 10.9 Å². The standard InChI is InChI=1S/C17H37N5O/c1-6-18-17(19-8-7-11-23-14-15(2)3)20-12-16-13-21(4)9-10-22(16)5/h15-16H,6-14H2,1-5H3,(H2,18,19,20). The summed E-state index contributed by atoms with van der Waals surface area (Å²) in [6, 6.07) is 0.499. The highest BCUT2D eigenvalue weighted by molar-refractivity contribution is 5.79. The number of nitrogens with zero attached hydrogens (tertiary/aromatic N) is 3. The van der Waals surface area contributed by atoms with Gasteiger partial charge in [-0.25, -0.2) is 0 Å². The van der Waals surface area contributed by atoms with E-state index in [4.69, 9.17) is 9.73 Å². The third-order valence-electron chi connectivity index (χ3n) is 3.99. The van der Waals surface area contributed by atoms with Crippen LogP contribution in [0.4, 0.5) is 0 Å². The smallest absolute Gasteiger partial charge is 0.191 e. The first kappa shape index (κ1) is 20.2. The molecule has 1 fully saturated rings. The van der Waals surface area contributed by atoms with Gasteiger partial charge in [0.25, 0.3) is 0 Å². The molecule has 6 nitrogen and oxygen atoms in total. The minimum Gasteiger partial charge on any atom is -0.381 e. The zero-order chi connectivity index (χ0) is 17.1. The molecule has 23 heavy (non-hydrogen) atoms. The number of ether oxygens (including phenoxy) is 1. The van der Waals surface area contributed by atoms with E-state index in [-0.39, 0.29) is 0 Å². The van der Waals surface area contributed by atoms with Crippen molar-refractivity contribution >= 4 is 5.96 Å². The summed E-state index contributed by atoms with van der Waals surface area (Å²) in [5.74, 6) is 1.52. The molecule has 1 aliphatic heterocycles. The van der Waals surface area contributed by atoms with E-state index in [1.807, 2.05) is 0 Å². The van der Waals surface area contributed by atoms with E-state index in [9.17, 15) is 0 Å². The van der Waals surface area contributed by atoms with Gasteiger partial charge in [0.05, 0.1) is 6.54 Å². The molecule has 0 bridgehead atoms. The summed E-state index contributed by atoms with van der Waals surface area (Å²) in [6.45, 7) is 14.1. The molecule has 1 aliphatic rings. The number of nitrogens with one attached hydrogen (secondary N) is 2. The lowest BCUT2D eigenvalue weighted by Crippen LogP contribution is -2.51. The van der Waals surface area contributed by atoms with Crippen LogP contribution in [0.2, 0.25) is 0 Å². The van der Waals surface area contributed by atoms with Crippen LogP contribution in [0.5, 0.6) is 0 Å². The monoisotopic (exact) mass is 327 g/mol. The molecule has 1 rings (SSSR count). The predicted octanol–water partition coefficient (Wildman–Crippen LogP) is 0.850. The van der Waals surface area contributed by atoms with E-state index < -0.39 is 0 Å². The van der Waals surface area contributed by atoms with Gasteiger partial charge < -0.3 is 20.3 Å². The third kappa shape index (κ3) is 9.13. The van der Waals surface area contributed by atoms with Crippen LogP contribution in [0.15, 0.2) is 4.99 Å². The molecule has 0 spiro atoms. The first-order valence-corrected chi connectivity index (χ1v) is 9.01. The second-order valence-corrected chi connectivity index (χ2v) is 6.87. The lowest BCUT2D eigenvalue weighted by atomic mass is 10.2. The molecule has 1 heterocycles. The lowest BCUT2D eigenvalue weighted by molar-refractivity contribution is 0.108. The number of likely N-dealkylation sites (N-methyl/N-ethyl adjacent to an activating group) is 2. The fraction of sp³-hybridized carbons (Fsp3) is 0.941. The highest BCUT2D eigenvalue weighted by atomic mass is 16.5. The normalized spacial score (nSPS) is 21.0. The fourth-order valence-electron chi connectivity index (χ4n) is 2.54. The van der Waals surface area contributed by atoms with Crippen LogP contribution in [0.1, 0.15) is 27.2 Å². The number of guanidine groups is 1. The number of piperazine rings is 1. The Balaban J connectivity index is 2.29. The Bertz CT molecular complexity index is 335. The summed E-state index contributed by atoms with van der Waals surface area (Å²) in [5, 5.41) is 6.72. The Morgan fingerprint density at radius 2 is 2.04 bits per heavy atom. The van der Waals surface area contributed by atoms with Crippen LogP contribution >= 0.6 is 0 Å². The summed E-state index contributed by atoms with van der Waals surface area (Å²) in [6.07, 6.45) is 1.00. The number of hydrogen-bond donors (Lipinski definition) is 2. The summed E-state index contributed by atoms with van der Waals surface area (Å²) >= 11 is 0. The molecule has 1 unspecified atom stereocenters. The van der Waals surface area contributed by atoms with Gasteiger partial charge in [-0.15, -0.1) is 0 Å². The third-order valence-corrected chi connectivity index (χ3v) is 3.99. The summed E-state index contributed by atoms with van der Waals surface area (Å²) < 4.78 is 5.61. The van der Waals surface area contributed by atoms with Crippen molar-refractivity contribution in [1.82, 2.24) is 20.4 Å². The summed E-state index contributed by atoms with van der Waals surface area (Å²) in [7, 11) is 4.38. The largest absolute Gasteiger partial charge is 0.381 e. The van der Waals surface area contributed by atoms with Gasteiger partial charge in [-0.2, -0.15) is 0 Å². The second kappa shape index (κ2) is 11.6. The van der Waals surface area contributed by atoms with Gasteiger partial charge in [0, 0.05) is 52.0 Å². The van der Waals surface area contributed by atoms with Gasteiger partial charge in [-0.1, -0.05) is 13.8 Å². The molecule has 0 radical (unpaired) electrons. The molecule has 1 saturated heterocycles. The van der Waals surface area contributed by atoms with Crippen molar-refractivity contribution in [1.29, 1.82) is 0 Å². The maximum atomic E-state index is 5.61. The Morgan fingerprint density at radius 3 is 2.74 bits per heavy atom. The quantitative estimate of drug-likeness (QED) is 0.374. The van der Waals surface area contributed by atoms with E-state index in [0.29, 0.717) is 12.0 Å². The number of hydrogen-bond acceptors (Lipinski definition) is 4. The Hall–Kier alpha value is -0.850. The van der Waals surface area contributed by atoms with Crippen LogP contribution in [0.3, 0.4) is 0 Å². The van der Waals surface area contributed by atoms with Gasteiger partial charge in [-0.3, -0.25) is 9.89 Å². The van der Waals surface area contributed by atoms with E-state index in [2.05, 4.69) is 55.3 Å². The van der Waals surface area contributed by atoms with Crippen molar-refractivity contribution < 1.29 is 4.74 Å². The fourth-order valence-corrected chi connectivity index (χ4v) is 2.54. The van der Waals surface area contributed by atoms with Crippen molar-refractivity contribution in [3.8, 4) is 0 Å². The molecule has 0 amide bonds. The van der Waals surface area contributed by atoms with Gasteiger partial charge in [0.2, 0.25) is 0 Å². The van der Waals surface area contributed by atoms with Crippen LogP contribution in [0.25, 0.3) is 0 Å². The van der Waals surface area contributed by atoms with E-state index in [1.165, 1.54) is 0 Å². The zero-order valence-electron chi connectivity index (χ0n) is 15.8. The Labute approximate surface area is 142 Å². The zero-order valence-corrected chi connectivity index (χ0v) is 15.8. The minimum atomic E-state index is 0.499. The summed E-state index contributed by atoms with van der Waals surface area (Å²) in [5.41, 5.74) is 0. The Kier molecular flexibility index (Phi) is 10.2. The Morgan fingerprint density at radius 1 is 1.26 bits per heavy atom. The number of rotatable bonds is 9. The van der Waals surface area contributed by atoms with Crippen LogP contribution in [-0.2, 0) is 4.74 Å². The molecule has 6 heteroatoms. The molecule has 2 N–H and O–H groups in total. The van der Waals surface area contributed by atoms with Crippen molar-refractivity contribution in [2.75, 3.05) is 66.6 Å². The van der Waals surface area contributed by atoms with Crippen molar-refractivity contribution in [2.45, 2.75) is 33.2 Å². The summed E-state index contributed by atoms with van der Waals surface area (Å²) in [4.78, 5) is 9.54. The maximum absolute atomic E-state index is 5.61. The molecule has 0 aromatic carbocycles. The van der Waals surface area contributed by atoms with E-state index >= 15 is 0 Å². The molecular formula is C17H37N5O. The molecule has 0 aromatic rings. The molecular weight excluding hydrogens is 290 g/mol. The predicted molar refractivity (Wildman–Crippen MR) is 98.2 cm³/mol. The SMILES string of the molecule is CCNC(=NCC1CN(C)CCN1C)NCCCOCC(C)C.